The SMILES string of the molecule is O=C(NCCCCc1ccccc1)C(=O)Nc1ccc2ccccc2c1. The van der Waals surface area contributed by atoms with Gasteiger partial charge >= 0.3 is 11.8 Å². The lowest BCUT2D eigenvalue weighted by molar-refractivity contribution is -0.136. The second-order valence-corrected chi connectivity index (χ2v) is 6.21. The van der Waals surface area contributed by atoms with Crippen LogP contribution in [0.15, 0.2) is 72.8 Å². The van der Waals surface area contributed by atoms with Gasteiger partial charge in [0.2, 0.25) is 0 Å². The molecule has 3 rings (SSSR count). The van der Waals surface area contributed by atoms with E-state index in [-0.39, 0.29) is 0 Å². The first kappa shape index (κ1) is 17.7. The van der Waals surface area contributed by atoms with Crippen molar-refractivity contribution in [2.45, 2.75) is 19.3 Å². The summed E-state index contributed by atoms with van der Waals surface area (Å²) in [6.45, 7) is 0.497. The Hall–Kier alpha value is -3.14. The van der Waals surface area contributed by atoms with E-state index >= 15 is 0 Å². The summed E-state index contributed by atoms with van der Waals surface area (Å²) in [5, 5.41) is 7.44. The molecule has 0 radical (unpaired) electrons. The van der Waals surface area contributed by atoms with Crippen molar-refractivity contribution in [2.75, 3.05) is 11.9 Å². The predicted molar refractivity (Wildman–Crippen MR) is 105 cm³/mol. The summed E-state index contributed by atoms with van der Waals surface area (Å²) >= 11 is 0. The Kier molecular flexibility index (Phi) is 5.99. The van der Waals surface area contributed by atoms with Gasteiger partial charge in [0.25, 0.3) is 0 Å². The molecule has 0 aromatic heterocycles. The summed E-state index contributed by atoms with van der Waals surface area (Å²) in [7, 11) is 0. The van der Waals surface area contributed by atoms with Crippen LogP contribution in [0.4, 0.5) is 5.69 Å². The number of amides is 2. The Bertz CT molecular complexity index is 891. The molecule has 0 heterocycles. The highest BCUT2D eigenvalue weighted by atomic mass is 16.2. The first-order valence-electron chi connectivity index (χ1n) is 8.84. The van der Waals surface area contributed by atoms with Gasteiger partial charge in [-0.25, -0.2) is 0 Å². The normalized spacial score (nSPS) is 10.5. The summed E-state index contributed by atoms with van der Waals surface area (Å²) in [6, 6.07) is 23.7. The first-order chi connectivity index (χ1) is 12.7. The molecule has 0 aliphatic heterocycles. The Morgan fingerprint density at radius 2 is 1.46 bits per heavy atom. The van der Waals surface area contributed by atoms with Gasteiger partial charge in [0.15, 0.2) is 0 Å². The maximum atomic E-state index is 12.0. The molecule has 0 aliphatic rings. The van der Waals surface area contributed by atoms with Gasteiger partial charge in [0.05, 0.1) is 0 Å². The molecule has 4 nitrogen and oxygen atoms in total. The topological polar surface area (TPSA) is 58.2 Å². The molecule has 0 saturated heterocycles. The molecule has 0 saturated carbocycles. The third-order valence-electron chi connectivity index (χ3n) is 4.23. The van der Waals surface area contributed by atoms with Crippen LogP contribution in [0.5, 0.6) is 0 Å². The molecular weight excluding hydrogens is 324 g/mol. The maximum absolute atomic E-state index is 12.0. The molecule has 3 aromatic rings. The van der Waals surface area contributed by atoms with Crippen molar-refractivity contribution in [1.29, 1.82) is 0 Å². The number of hydrogen-bond acceptors (Lipinski definition) is 2. The van der Waals surface area contributed by atoms with E-state index in [1.165, 1.54) is 5.56 Å². The molecule has 0 spiro atoms. The van der Waals surface area contributed by atoms with Crippen LogP contribution in [-0.2, 0) is 16.0 Å². The number of anilines is 1. The van der Waals surface area contributed by atoms with E-state index in [2.05, 4.69) is 22.8 Å². The fraction of sp³-hybridized carbons (Fsp3) is 0.182. The predicted octanol–water partition coefficient (Wildman–Crippen LogP) is 3.92. The monoisotopic (exact) mass is 346 g/mol. The average Bonchev–Trinajstić information content (AvgIpc) is 2.68. The van der Waals surface area contributed by atoms with Crippen molar-refractivity contribution in [2.24, 2.45) is 0 Å². The number of fused-ring (bicyclic) bond motifs is 1. The van der Waals surface area contributed by atoms with Crippen LogP contribution in [0.25, 0.3) is 10.8 Å². The second-order valence-electron chi connectivity index (χ2n) is 6.21. The highest BCUT2D eigenvalue weighted by Crippen LogP contribution is 2.18. The van der Waals surface area contributed by atoms with Crippen molar-refractivity contribution in [3.8, 4) is 0 Å². The summed E-state index contributed by atoms with van der Waals surface area (Å²) < 4.78 is 0. The van der Waals surface area contributed by atoms with Crippen LogP contribution in [-0.4, -0.2) is 18.4 Å². The first-order valence-corrected chi connectivity index (χ1v) is 8.84. The zero-order valence-corrected chi connectivity index (χ0v) is 14.6. The van der Waals surface area contributed by atoms with Crippen LogP contribution in [0.3, 0.4) is 0 Å². The van der Waals surface area contributed by atoms with Crippen LogP contribution < -0.4 is 10.6 Å². The third-order valence-corrected chi connectivity index (χ3v) is 4.23. The van der Waals surface area contributed by atoms with Gasteiger partial charge in [0.1, 0.15) is 0 Å². The molecule has 2 N–H and O–H groups in total. The molecule has 2 amide bonds. The molecular formula is C22H22N2O2. The fourth-order valence-electron chi connectivity index (χ4n) is 2.84. The minimum absolute atomic E-state index is 0.497. The van der Waals surface area contributed by atoms with Crippen LogP contribution >= 0.6 is 0 Å². The van der Waals surface area contributed by atoms with Gasteiger partial charge in [-0.3, -0.25) is 9.59 Å². The van der Waals surface area contributed by atoms with E-state index in [4.69, 9.17) is 0 Å². The summed E-state index contributed by atoms with van der Waals surface area (Å²) in [4.78, 5) is 23.9. The summed E-state index contributed by atoms with van der Waals surface area (Å²) in [5.41, 5.74) is 1.90. The smallest absolute Gasteiger partial charge is 0.313 e. The quantitative estimate of drug-likeness (QED) is 0.525. The van der Waals surface area contributed by atoms with Crippen molar-refractivity contribution < 1.29 is 9.59 Å². The standard InChI is InChI=1S/C22H22N2O2/c25-21(23-15-7-6-10-17-8-2-1-3-9-17)22(26)24-20-14-13-18-11-4-5-12-19(18)16-20/h1-5,8-9,11-14,16H,6-7,10,15H2,(H,23,25)(H,24,26). The van der Waals surface area contributed by atoms with Crippen molar-refractivity contribution in [1.82, 2.24) is 5.32 Å². The van der Waals surface area contributed by atoms with E-state index in [0.29, 0.717) is 12.2 Å². The minimum atomic E-state index is -0.636. The van der Waals surface area contributed by atoms with E-state index < -0.39 is 11.8 Å². The lowest BCUT2D eigenvalue weighted by Gasteiger charge is -2.07. The molecule has 0 bridgehead atoms. The highest BCUT2D eigenvalue weighted by molar-refractivity contribution is 6.39. The van der Waals surface area contributed by atoms with Crippen LogP contribution in [0.2, 0.25) is 0 Å². The number of nitrogens with one attached hydrogen (secondary N) is 2. The number of benzene rings is 3. The van der Waals surface area contributed by atoms with E-state index in [0.717, 1.165) is 30.0 Å². The Labute approximate surface area is 153 Å². The number of rotatable bonds is 6. The average molecular weight is 346 g/mol. The maximum Gasteiger partial charge on any atom is 0.313 e. The Morgan fingerprint density at radius 3 is 2.27 bits per heavy atom. The lowest BCUT2D eigenvalue weighted by Crippen LogP contribution is -2.35. The zero-order valence-electron chi connectivity index (χ0n) is 14.6. The van der Waals surface area contributed by atoms with E-state index in [1.807, 2.05) is 54.6 Å². The molecule has 26 heavy (non-hydrogen) atoms. The minimum Gasteiger partial charge on any atom is -0.348 e. The molecule has 0 aliphatic carbocycles. The Balaban J connectivity index is 1.41. The number of carbonyl (C=O) groups is 2. The van der Waals surface area contributed by atoms with Gasteiger partial charge in [-0.2, -0.15) is 0 Å². The third kappa shape index (κ3) is 4.93. The summed E-state index contributed by atoms with van der Waals surface area (Å²) in [5.74, 6) is -1.23. The summed E-state index contributed by atoms with van der Waals surface area (Å²) in [6.07, 6.45) is 2.78. The van der Waals surface area contributed by atoms with Gasteiger partial charge in [-0.1, -0.05) is 60.7 Å². The molecule has 3 aromatic carbocycles. The van der Waals surface area contributed by atoms with Gasteiger partial charge in [0, 0.05) is 12.2 Å². The zero-order chi connectivity index (χ0) is 18.2. The lowest BCUT2D eigenvalue weighted by atomic mass is 10.1. The van der Waals surface area contributed by atoms with Gasteiger partial charge in [-0.15, -0.1) is 0 Å². The van der Waals surface area contributed by atoms with Gasteiger partial charge < -0.3 is 10.6 Å². The Morgan fingerprint density at radius 1 is 0.731 bits per heavy atom. The number of unbranched alkanes of at least 4 members (excludes halogenated alkanes) is 1. The fourth-order valence-corrected chi connectivity index (χ4v) is 2.84. The molecule has 132 valence electrons. The van der Waals surface area contributed by atoms with Crippen LogP contribution in [0.1, 0.15) is 18.4 Å². The second kappa shape index (κ2) is 8.81. The molecule has 4 heteroatoms. The number of hydrogen-bond donors (Lipinski definition) is 2. The largest absolute Gasteiger partial charge is 0.348 e. The number of aryl methyl sites for hydroxylation is 1. The van der Waals surface area contributed by atoms with E-state index in [1.54, 1.807) is 6.07 Å². The molecule has 0 unspecified atom stereocenters. The van der Waals surface area contributed by atoms with Crippen molar-refractivity contribution in [3.05, 3.63) is 78.4 Å². The van der Waals surface area contributed by atoms with Crippen molar-refractivity contribution in [3.63, 3.8) is 0 Å². The molecule has 0 atom stereocenters. The van der Waals surface area contributed by atoms with E-state index in [9.17, 15) is 9.59 Å². The van der Waals surface area contributed by atoms with Crippen LogP contribution in [0, 0.1) is 0 Å². The molecule has 0 fully saturated rings. The number of carbonyl (C=O) groups excluding carboxylic acids is 2. The van der Waals surface area contributed by atoms with Gasteiger partial charge in [-0.05, 0) is 47.7 Å². The van der Waals surface area contributed by atoms with Crippen molar-refractivity contribution >= 4 is 28.3 Å². The highest BCUT2D eigenvalue weighted by Gasteiger charge is 2.13.